The van der Waals surface area contributed by atoms with Crippen molar-refractivity contribution in [2.75, 3.05) is 19.8 Å². The first kappa shape index (κ1) is 89.3. The van der Waals surface area contributed by atoms with Crippen LogP contribution < -0.4 is 5.32 Å². The molecule has 2 rings (SSSR count). The number of aliphatic hydroxyl groups excluding tert-OH is 8. The molecule has 1 amide bonds. The molecule has 12 unspecified atom stereocenters. The van der Waals surface area contributed by atoms with Crippen molar-refractivity contribution in [1.29, 1.82) is 0 Å². The molecule has 0 aromatic heterocycles. The zero-order chi connectivity index (χ0) is 69.4. The number of carbonyl (C=O) groups excluding carboxylic acids is 1. The lowest BCUT2D eigenvalue weighted by atomic mass is 9.97. The predicted octanol–water partition coefficient (Wildman–Crippen LogP) is 17.9. The quantitative estimate of drug-likeness (QED) is 0.0204. The lowest BCUT2D eigenvalue weighted by molar-refractivity contribution is -0.359. The minimum Gasteiger partial charge on any atom is -0.394 e. The molecular weight excluding hydrogens is 1210 g/mol. The van der Waals surface area contributed by atoms with Crippen molar-refractivity contribution >= 4 is 5.91 Å². The highest BCUT2D eigenvalue weighted by molar-refractivity contribution is 5.76. The number of hydrogen-bond donors (Lipinski definition) is 9. The van der Waals surface area contributed by atoms with E-state index in [-0.39, 0.29) is 18.9 Å². The molecule has 2 heterocycles. The Morgan fingerprint density at radius 1 is 0.385 bits per heavy atom. The van der Waals surface area contributed by atoms with Crippen LogP contribution in [-0.2, 0) is 23.7 Å². The van der Waals surface area contributed by atoms with Crippen molar-refractivity contribution in [3.05, 3.63) is 85.1 Å². The van der Waals surface area contributed by atoms with Gasteiger partial charge in [0.05, 0.1) is 32.0 Å². The Bertz CT molecular complexity index is 1940. The summed E-state index contributed by atoms with van der Waals surface area (Å²) in [5, 5.41) is 87.7. The van der Waals surface area contributed by atoms with Crippen molar-refractivity contribution in [1.82, 2.24) is 5.32 Å². The molecule has 0 radical (unpaired) electrons. The summed E-state index contributed by atoms with van der Waals surface area (Å²) < 4.78 is 22.9. The lowest BCUT2D eigenvalue weighted by Gasteiger charge is -2.46. The van der Waals surface area contributed by atoms with Gasteiger partial charge in [-0.2, -0.15) is 0 Å². The van der Waals surface area contributed by atoms with Crippen LogP contribution in [0.5, 0.6) is 0 Å². The number of hydrogen-bond acceptors (Lipinski definition) is 13. The molecule has 2 aliphatic rings. The van der Waals surface area contributed by atoms with Crippen LogP contribution >= 0.6 is 0 Å². The minimum atomic E-state index is -1.79. The van der Waals surface area contributed by atoms with Gasteiger partial charge < -0.3 is 65.1 Å². The second kappa shape index (κ2) is 65.5. The lowest BCUT2D eigenvalue weighted by Crippen LogP contribution is -2.65. The summed E-state index contributed by atoms with van der Waals surface area (Å²) in [6, 6.07) is -0.938. The Morgan fingerprint density at radius 2 is 0.729 bits per heavy atom. The van der Waals surface area contributed by atoms with Crippen LogP contribution in [0.2, 0.25) is 0 Å². The van der Waals surface area contributed by atoms with Crippen molar-refractivity contribution < 1.29 is 64.6 Å². The molecule has 2 fully saturated rings. The molecule has 0 aromatic carbocycles. The van der Waals surface area contributed by atoms with E-state index in [1.54, 1.807) is 6.08 Å². The maximum atomic E-state index is 13.4. The van der Waals surface area contributed by atoms with Crippen LogP contribution in [-0.4, -0.2) is 140 Å². The maximum absolute atomic E-state index is 13.4. The first-order valence-corrected chi connectivity index (χ1v) is 39.8. The van der Waals surface area contributed by atoms with Crippen LogP contribution in [0.25, 0.3) is 0 Å². The van der Waals surface area contributed by atoms with Crippen LogP contribution in [0, 0.1) is 0 Å². The number of ether oxygens (including phenoxy) is 4. The molecule has 2 aliphatic heterocycles. The van der Waals surface area contributed by atoms with E-state index in [0.717, 1.165) is 64.2 Å². The number of nitrogens with one attached hydrogen (secondary N) is 1. The number of aliphatic hydroxyl groups is 8. The van der Waals surface area contributed by atoms with E-state index >= 15 is 0 Å². The summed E-state index contributed by atoms with van der Waals surface area (Å²) >= 11 is 0. The van der Waals surface area contributed by atoms with E-state index < -0.39 is 86.8 Å². The van der Waals surface area contributed by atoms with E-state index in [4.69, 9.17) is 18.9 Å². The zero-order valence-corrected chi connectivity index (χ0v) is 61.1. The number of unbranched alkanes of at least 4 members (excludes halogenated alkanes) is 41. The van der Waals surface area contributed by atoms with Crippen LogP contribution in [0.15, 0.2) is 85.1 Å². The SMILES string of the molecule is CC/C=C\C/C=C\C/C=C\C/C=C\C/C=C\CCCCCCCCCCCCCCCCCC(=O)NC(COC1OC(CO)C(OC2OC(CO)C(O)C(O)C2O)C(O)C1O)C(O)/C=C/CC/C=C/CCCCCCCCCCCCCCCCCCCCCCCCCCC. The summed E-state index contributed by atoms with van der Waals surface area (Å²) in [5.74, 6) is -0.248. The summed E-state index contributed by atoms with van der Waals surface area (Å²) in [6.45, 7) is 2.71. The average Bonchev–Trinajstić information content (AvgIpc) is 0.797. The second-order valence-corrected chi connectivity index (χ2v) is 27.8. The standard InChI is InChI=1S/C82H147NO13/c1-3-5-7-9-11-13-15-17-19-21-23-25-27-29-31-33-35-37-39-41-43-45-47-49-51-53-55-57-59-61-63-65-71(86)70(69-93-81-79(92)77(90)80(73(68-85)95-81)96-82-78(91)76(89)75(88)72(67-84)94-82)83-74(87)66-64-62-60-58-56-54-52-50-48-46-44-42-40-38-36-34-32-30-28-26-24-22-20-18-16-14-12-10-8-6-4-2/h6,8,12,14,18,20,24,26,30,32,55,57,63,65,70-73,75-82,84-86,88-92H,3-5,7,9-11,13,15-17,19,21-23,25,27-29,31,33-54,56,58-62,64,66-69H2,1-2H3,(H,83,87)/b8-6-,14-12-,20-18-,26-24-,32-30-,57-55+,65-63+. The van der Waals surface area contributed by atoms with Gasteiger partial charge in [-0.1, -0.05) is 336 Å². The minimum absolute atomic E-state index is 0.248. The van der Waals surface area contributed by atoms with Gasteiger partial charge in [-0.25, -0.2) is 0 Å². The molecular formula is C82H147NO13. The number of amides is 1. The predicted molar refractivity (Wildman–Crippen MR) is 396 cm³/mol. The summed E-state index contributed by atoms with van der Waals surface area (Å²) in [4.78, 5) is 13.4. The van der Waals surface area contributed by atoms with Gasteiger partial charge in [0.1, 0.15) is 48.8 Å². The first-order valence-electron chi connectivity index (χ1n) is 39.8. The fourth-order valence-corrected chi connectivity index (χ4v) is 12.8. The Kier molecular flexibility index (Phi) is 60.9. The Balaban J connectivity index is 1.64. The number of rotatable bonds is 66. The molecule has 9 N–H and O–H groups in total. The molecule has 0 aliphatic carbocycles. The first-order chi connectivity index (χ1) is 47.1. The smallest absolute Gasteiger partial charge is 0.220 e. The topological polar surface area (TPSA) is 228 Å². The fourth-order valence-electron chi connectivity index (χ4n) is 12.8. The number of carbonyl (C=O) groups is 1. The fraction of sp³-hybridized carbons (Fsp3) is 0.817. The number of allylic oxidation sites excluding steroid dienone is 13. The molecule has 14 nitrogen and oxygen atoms in total. The third kappa shape index (κ3) is 48.1. The van der Waals surface area contributed by atoms with Gasteiger partial charge in [-0.05, 0) is 77.0 Å². The van der Waals surface area contributed by atoms with Crippen LogP contribution in [0.3, 0.4) is 0 Å². The molecule has 558 valence electrons. The highest BCUT2D eigenvalue weighted by Crippen LogP contribution is 2.30. The van der Waals surface area contributed by atoms with Gasteiger partial charge in [0, 0.05) is 6.42 Å². The molecule has 0 spiro atoms. The van der Waals surface area contributed by atoms with Crippen molar-refractivity contribution in [3.63, 3.8) is 0 Å². The highest BCUT2D eigenvalue weighted by atomic mass is 16.7. The Hall–Kier alpha value is -2.83. The molecule has 12 atom stereocenters. The molecule has 96 heavy (non-hydrogen) atoms. The van der Waals surface area contributed by atoms with Crippen molar-refractivity contribution in [2.45, 2.75) is 408 Å². The van der Waals surface area contributed by atoms with Gasteiger partial charge in [-0.15, -0.1) is 0 Å². The summed E-state index contributed by atoms with van der Waals surface area (Å²) in [6.07, 6.45) is 75.2. The normalized spacial score (nSPS) is 22.7. The van der Waals surface area contributed by atoms with E-state index in [1.807, 2.05) is 6.08 Å². The highest BCUT2D eigenvalue weighted by Gasteiger charge is 2.51. The van der Waals surface area contributed by atoms with Gasteiger partial charge in [0.15, 0.2) is 12.6 Å². The Morgan fingerprint density at radius 3 is 1.15 bits per heavy atom. The van der Waals surface area contributed by atoms with E-state index in [0.29, 0.717) is 12.8 Å². The second-order valence-electron chi connectivity index (χ2n) is 27.8. The third-order valence-electron chi connectivity index (χ3n) is 19.1. The largest absolute Gasteiger partial charge is 0.394 e. The average molecular weight is 1360 g/mol. The zero-order valence-electron chi connectivity index (χ0n) is 61.1. The van der Waals surface area contributed by atoms with E-state index in [2.05, 4.69) is 92.1 Å². The monoisotopic (exact) mass is 1350 g/mol. The summed E-state index contributed by atoms with van der Waals surface area (Å²) in [7, 11) is 0. The Labute approximate surface area is 586 Å². The van der Waals surface area contributed by atoms with E-state index in [9.17, 15) is 45.6 Å². The molecule has 0 bridgehead atoms. The third-order valence-corrected chi connectivity index (χ3v) is 19.1. The molecule has 0 aromatic rings. The van der Waals surface area contributed by atoms with Gasteiger partial charge in [0.25, 0.3) is 0 Å². The summed E-state index contributed by atoms with van der Waals surface area (Å²) in [5.41, 5.74) is 0. The van der Waals surface area contributed by atoms with Gasteiger partial charge in [0.2, 0.25) is 5.91 Å². The van der Waals surface area contributed by atoms with Gasteiger partial charge in [-0.3, -0.25) is 4.79 Å². The van der Waals surface area contributed by atoms with Gasteiger partial charge >= 0.3 is 0 Å². The van der Waals surface area contributed by atoms with Crippen molar-refractivity contribution in [3.8, 4) is 0 Å². The molecule has 0 saturated carbocycles. The van der Waals surface area contributed by atoms with Crippen molar-refractivity contribution in [2.24, 2.45) is 0 Å². The van der Waals surface area contributed by atoms with Crippen LogP contribution in [0.1, 0.15) is 335 Å². The molecule has 14 heteroatoms. The van der Waals surface area contributed by atoms with Crippen LogP contribution in [0.4, 0.5) is 0 Å². The van der Waals surface area contributed by atoms with E-state index in [1.165, 1.54) is 238 Å². The molecule has 2 saturated heterocycles. The maximum Gasteiger partial charge on any atom is 0.220 e.